The Hall–Kier alpha value is -2.01. The summed E-state index contributed by atoms with van der Waals surface area (Å²) in [5, 5.41) is 3.23. The van der Waals surface area contributed by atoms with Gasteiger partial charge in [0.1, 0.15) is 5.69 Å². The second kappa shape index (κ2) is 5.54. The lowest BCUT2D eigenvalue weighted by Crippen LogP contribution is -2.30. The number of nitrogens with zero attached hydrogens (tertiary/aromatic N) is 2. The van der Waals surface area contributed by atoms with Gasteiger partial charge in [0.25, 0.3) is 11.5 Å². The lowest BCUT2D eigenvalue weighted by molar-refractivity contribution is 0.0942. The first-order valence-electron chi connectivity index (χ1n) is 6.15. The molecule has 2 rings (SSSR count). The normalized spacial score (nSPS) is 10.6. The lowest BCUT2D eigenvalue weighted by atomic mass is 10.2. The zero-order chi connectivity index (χ0) is 14.9. The molecule has 0 saturated carbocycles. The number of pyridine rings is 1. The Morgan fingerprint density at radius 2 is 2.05 bits per heavy atom. The summed E-state index contributed by atoms with van der Waals surface area (Å²) in [5.74, 6) is -0.262. The molecule has 0 aromatic carbocycles. The molecule has 2 aromatic rings. The summed E-state index contributed by atoms with van der Waals surface area (Å²) in [6, 6.07) is 5.17. The Morgan fingerprint density at radius 3 is 2.65 bits per heavy atom. The maximum absolute atomic E-state index is 12.0. The third kappa shape index (κ3) is 2.77. The van der Waals surface area contributed by atoms with Crippen LogP contribution in [0.25, 0.3) is 0 Å². The number of nitrogens with one attached hydrogen (secondary N) is 1. The van der Waals surface area contributed by atoms with Crippen molar-refractivity contribution in [2.75, 3.05) is 0 Å². The van der Waals surface area contributed by atoms with E-state index in [0.29, 0.717) is 16.3 Å². The van der Waals surface area contributed by atoms with E-state index >= 15 is 0 Å². The minimum Gasteiger partial charge on any atom is -0.346 e. The first-order valence-corrected chi connectivity index (χ1v) is 6.53. The monoisotopic (exact) mass is 293 g/mol. The quantitative estimate of drug-likeness (QED) is 0.935. The van der Waals surface area contributed by atoms with Gasteiger partial charge in [0.15, 0.2) is 0 Å². The van der Waals surface area contributed by atoms with Gasteiger partial charge in [0.2, 0.25) is 0 Å². The highest BCUT2D eigenvalue weighted by molar-refractivity contribution is 6.31. The number of amides is 1. The highest BCUT2D eigenvalue weighted by Gasteiger charge is 2.12. The van der Waals surface area contributed by atoms with Crippen LogP contribution in [0.15, 0.2) is 29.2 Å². The topological polar surface area (TPSA) is 56.0 Å². The second-order valence-corrected chi connectivity index (χ2v) is 5.14. The molecule has 0 aliphatic heterocycles. The minimum atomic E-state index is -0.262. The van der Waals surface area contributed by atoms with Crippen LogP contribution in [0.2, 0.25) is 5.02 Å². The summed E-state index contributed by atoms with van der Waals surface area (Å²) in [6.07, 6.45) is 1.65. The van der Waals surface area contributed by atoms with E-state index in [0.717, 1.165) is 5.69 Å². The van der Waals surface area contributed by atoms with E-state index in [1.165, 1.54) is 0 Å². The first kappa shape index (κ1) is 14.4. The molecule has 6 heteroatoms. The molecule has 0 atom stereocenters. The highest BCUT2D eigenvalue weighted by Crippen LogP contribution is 2.12. The average Bonchev–Trinajstić information content (AvgIpc) is 2.74. The number of carbonyl (C=O) groups is 1. The van der Waals surface area contributed by atoms with Gasteiger partial charge < -0.3 is 14.5 Å². The average molecular weight is 294 g/mol. The molecule has 106 valence electrons. The van der Waals surface area contributed by atoms with E-state index in [2.05, 4.69) is 5.32 Å². The molecular weight excluding hydrogens is 278 g/mol. The van der Waals surface area contributed by atoms with Gasteiger partial charge in [-0.15, -0.1) is 0 Å². The molecule has 5 nitrogen and oxygen atoms in total. The molecule has 2 aromatic heterocycles. The van der Waals surface area contributed by atoms with E-state index in [1.54, 1.807) is 41.6 Å². The van der Waals surface area contributed by atoms with Crippen LogP contribution >= 0.6 is 11.6 Å². The SMILES string of the molecule is Cc1ccc(CNC(=O)c2cc(Cl)cn2C)c(=O)n1C. The molecule has 0 fully saturated rings. The number of aryl methyl sites for hydroxylation is 2. The summed E-state index contributed by atoms with van der Waals surface area (Å²) in [5.41, 5.74) is 1.78. The second-order valence-electron chi connectivity index (χ2n) is 4.70. The van der Waals surface area contributed by atoms with Crippen molar-refractivity contribution < 1.29 is 4.79 Å². The predicted octanol–water partition coefficient (Wildman–Crippen LogP) is 1.62. The van der Waals surface area contributed by atoms with Gasteiger partial charge >= 0.3 is 0 Å². The maximum Gasteiger partial charge on any atom is 0.268 e. The van der Waals surface area contributed by atoms with Crippen molar-refractivity contribution in [2.24, 2.45) is 14.1 Å². The molecule has 0 spiro atoms. The van der Waals surface area contributed by atoms with Gasteiger partial charge in [0.05, 0.1) is 5.02 Å². The maximum atomic E-state index is 12.0. The van der Waals surface area contributed by atoms with Crippen LogP contribution in [-0.4, -0.2) is 15.0 Å². The fraction of sp³-hybridized carbons (Fsp3) is 0.286. The molecule has 2 heterocycles. The number of hydrogen-bond acceptors (Lipinski definition) is 2. The summed E-state index contributed by atoms with van der Waals surface area (Å²) in [6.45, 7) is 2.05. The van der Waals surface area contributed by atoms with Crippen LogP contribution < -0.4 is 10.9 Å². The van der Waals surface area contributed by atoms with E-state index < -0.39 is 0 Å². The number of aromatic nitrogens is 2. The molecule has 1 amide bonds. The summed E-state index contributed by atoms with van der Waals surface area (Å²) in [4.78, 5) is 24.0. The molecule has 20 heavy (non-hydrogen) atoms. The molecule has 0 bridgehead atoms. The Bertz CT molecular complexity index is 716. The Morgan fingerprint density at radius 1 is 1.35 bits per heavy atom. The largest absolute Gasteiger partial charge is 0.346 e. The predicted molar refractivity (Wildman–Crippen MR) is 78.0 cm³/mol. The smallest absolute Gasteiger partial charge is 0.268 e. The van der Waals surface area contributed by atoms with E-state index in [1.807, 2.05) is 13.0 Å². The van der Waals surface area contributed by atoms with Crippen LogP contribution in [0.4, 0.5) is 0 Å². The fourth-order valence-corrected chi connectivity index (χ4v) is 2.18. The van der Waals surface area contributed by atoms with E-state index in [9.17, 15) is 9.59 Å². The van der Waals surface area contributed by atoms with Crippen molar-refractivity contribution in [2.45, 2.75) is 13.5 Å². The zero-order valence-electron chi connectivity index (χ0n) is 11.6. The molecular formula is C14H16ClN3O2. The van der Waals surface area contributed by atoms with Crippen LogP contribution in [0, 0.1) is 6.92 Å². The highest BCUT2D eigenvalue weighted by atomic mass is 35.5. The Balaban J connectivity index is 2.14. The molecule has 0 unspecified atom stereocenters. The molecule has 1 N–H and O–H groups in total. The van der Waals surface area contributed by atoms with Crippen molar-refractivity contribution in [1.82, 2.24) is 14.5 Å². The molecule has 0 radical (unpaired) electrons. The number of hydrogen-bond donors (Lipinski definition) is 1. The lowest BCUT2D eigenvalue weighted by Gasteiger charge is -2.08. The van der Waals surface area contributed by atoms with Gasteiger partial charge in [0, 0.05) is 38.1 Å². The van der Waals surface area contributed by atoms with Crippen LogP contribution in [0.1, 0.15) is 21.7 Å². The third-order valence-electron chi connectivity index (χ3n) is 3.28. The van der Waals surface area contributed by atoms with Gasteiger partial charge in [-0.2, -0.15) is 0 Å². The van der Waals surface area contributed by atoms with Crippen molar-refractivity contribution >= 4 is 17.5 Å². The van der Waals surface area contributed by atoms with E-state index in [-0.39, 0.29) is 18.0 Å². The summed E-state index contributed by atoms with van der Waals surface area (Å²) in [7, 11) is 3.45. The first-order chi connectivity index (χ1) is 9.40. The standard InChI is InChI=1S/C14H16ClN3O2/c1-9-4-5-10(14(20)18(9)3)7-16-13(19)12-6-11(15)8-17(12)2/h4-6,8H,7H2,1-3H3,(H,16,19). The summed E-state index contributed by atoms with van der Waals surface area (Å²) >= 11 is 5.84. The van der Waals surface area contributed by atoms with Gasteiger partial charge in [-0.1, -0.05) is 17.7 Å². The molecule has 0 saturated heterocycles. The van der Waals surface area contributed by atoms with Crippen molar-refractivity contribution in [1.29, 1.82) is 0 Å². The fourth-order valence-electron chi connectivity index (χ4n) is 1.93. The van der Waals surface area contributed by atoms with Crippen molar-refractivity contribution in [3.05, 3.63) is 56.7 Å². The summed E-state index contributed by atoms with van der Waals surface area (Å²) < 4.78 is 3.20. The van der Waals surface area contributed by atoms with Gasteiger partial charge in [-0.25, -0.2) is 0 Å². The Kier molecular flexibility index (Phi) is 3.99. The van der Waals surface area contributed by atoms with Gasteiger partial charge in [-0.3, -0.25) is 9.59 Å². The number of halogens is 1. The third-order valence-corrected chi connectivity index (χ3v) is 3.48. The number of carbonyl (C=O) groups excluding carboxylic acids is 1. The van der Waals surface area contributed by atoms with E-state index in [4.69, 9.17) is 11.6 Å². The van der Waals surface area contributed by atoms with Crippen molar-refractivity contribution in [3.8, 4) is 0 Å². The zero-order valence-corrected chi connectivity index (χ0v) is 12.4. The van der Waals surface area contributed by atoms with Crippen LogP contribution in [0.3, 0.4) is 0 Å². The molecule has 0 aliphatic carbocycles. The van der Waals surface area contributed by atoms with Crippen LogP contribution in [-0.2, 0) is 20.6 Å². The van der Waals surface area contributed by atoms with Crippen molar-refractivity contribution in [3.63, 3.8) is 0 Å². The van der Waals surface area contributed by atoms with Gasteiger partial charge in [-0.05, 0) is 19.1 Å². The molecule has 0 aliphatic rings. The Labute approximate surface area is 121 Å². The minimum absolute atomic E-state index is 0.102. The van der Waals surface area contributed by atoms with Crippen LogP contribution in [0.5, 0.6) is 0 Å². The number of rotatable bonds is 3.